The highest BCUT2D eigenvalue weighted by Crippen LogP contribution is 2.29. The summed E-state index contributed by atoms with van der Waals surface area (Å²) in [6.45, 7) is 4.45. The number of carbonyl (C=O) groups excluding carboxylic acids is 1. The number of hydrogen-bond donors (Lipinski definition) is 2. The normalized spacial score (nSPS) is 26.2. The van der Waals surface area contributed by atoms with Crippen molar-refractivity contribution in [3.63, 3.8) is 0 Å². The number of nitrogens with one attached hydrogen (secondary N) is 2. The average molecular weight is 295 g/mol. The van der Waals surface area contributed by atoms with Crippen LogP contribution in [0, 0.1) is 11.8 Å². The molecule has 0 aromatic carbocycles. The van der Waals surface area contributed by atoms with E-state index in [-0.39, 0.29) is 23.3 Å². The van der Waals surface area contributed by atoms with Gasteiger partial charge in [-0.05, 0) is 18.3 Å². The van der Waals surface area contributed by atoms with E-state index in [2.05, 4.69) is 29.1 Å². The Kier molecular flexibility index (Phi) is 5.23. The lowest BCUT2D eigenvalue weighted by Crippen LogP contribution is -2.44. The van der Waals surface area contributed by atoms with E-state index >= 15 is 0 Å². The summed E-state index contributed by atoms with van der Waals surface area (Å²) in [7, 11) is 0. The Morgan fingerprint density at radius 1 is 1.50 bits per heavy atom. The van der Waals surface area contributed by atoms with Crippen LogP contribution < -0.4 is 10.9 Å². The molecule has 1 amide bonds. The Hall–Kier alpha value is -1.30. The first-order valence-corrected chi connectivity index (χ1v) is 8.02. The lowest BCUT2D eigenvalue weighted by molar-refractivity contribution is -0.120. The van der Waals surface area contributed by atoms with Gasteiger partial charge in [-0.15, -0.1) is 0 Å². The number of H-pyrrole nitrogens is 1. The topological polar surface area (TPSA) is 74.8 Å². The van der Waals surface area contributed by atoms with Crippen LogP contribution in [-0.2, 0) is 4.79 Å². The molecule has 1 saturated carbocycles. The highest BCUT2D eigenvalue weighted by atomic mass is 32.2. The van der Waals surface area contributed by atoms with E-state index in [0.717, 1.165) is 6.42 Å². The van der Waals surface area contributed by atoms with Crippen LogP contribution >= 0.6 is 11.8 Å². The number of amides is 1. The van der Waals surface area contributed by atoms with Gasteiger partial charge in [-0.1, -0.05) is 38.5 Å². The van der Waals surface area contributed by atoms with Gasteiger partial charge in [0.05, 0.1) is 5.75 Å². The first-order chi connectivity index (χ1) is 9.56. The zero-order valence-corrected chi connectivity index (χ0v) is 12.7. The molecule has 110 valence electrons. The number of hydrogen-bond acceptors (Lipinski definition) is 4. The van der Waals surface area contributed by atoms with Gasteiger partial charge in [0.1, 0.15) is 0 Å². The Labute approximate surface area is 123 Å². The molecule has 0 spiro atoms. The summed E-state index contributed by atoms with van der Waals surface area (Å²) in [4.78, 5) is 29.7. The molecule has 3 atom stereocenters. The molecule has 1 aliphatic rings. The van der Waals surface area contributed by atoms with Crippen LogP contribution in [0.3, 0.4) is 0 Å². The van der Waals surface area contributed by atoms with Gasteiger partial charge in [0.2, 0.25) is 5.91 Å². The Balaban J connectivity index is 1.82. The van der Waals surface area contributed by atoms with Crippen molar-refractivity contribution < 1.29 is 4.79 Å². The van der Waals surface area contributed by atoms with Crippen molar-refractivity contribution in [1.29, 1.82) is 0 Å². The van der Waals surface area contributed by atoms with E-state index in [0.29, 0.717) is 17.0 Å². The predicted octanol–water partition coefficient (Wildman–Crippen LogP) is 1.80. The van der Waals surface area contributed by atoms with Crippen molar-refractivity contribution in [3.8, 4) is 0 Å². The largest absolute Gasteiger partial charge is 0.352 e. The number of carbonyl (C=O) groups is 1. The third-order valence-electron chi connectivity index (χ3n) is 4.04. The molecule has 0 unspecified atom stereocenters. The molecule has 20 heavy (non-hydrogen) atoms. The summed E-state index contributed by atoms with van der Waals surface area (Å²) in [5.74, 6) is 1.47. The van der Waals surface area contributed by atoms with Crippen LogP contribution in [0.4, 0.5) is 0 Å². The van der Waals surface area contributed by atoms with Gasteiger partial charge < -0.3 is 10.3 Å². The fourth-order valence-corrected chi connectivity index (χ4v) is 3.25. The molecule has 1 aromatic heterocycles. The summed E-state index contributed by atoms with van der Waals surface area (Å²) < 4.78 is 0. The molecule has 0 radical (unpaired) electrons. The first kappa shape index (κ1) is 15.1. The van der Waals surface area contributed by atoms with E-state index < -0.39 is 0 Å². The first-order valence-electron chi connectivity index (χ1n) is 7.03. The maximum Gasteiger partial charge on any atom is 0.251 e. The number of aromatic amines is 1. The van der Waals surface area contributed by atoms with Crippen LogP contribution in [0.1, 0.15) is 33.1 Å². The maximum atomic E-state index is 12.0. The second-order valence-corrected chi connectivity index (χ2v) is 6.43. The minimum atomic E-state index is -0.197. The predicted molar refractivity (Wildman–Crippen MR) is 79.7 cm³/mol. The van der Waals surface area contributed by atoms with Crippen LogP contribution in [0.15, 0.2) is 22.2 Å². The van der Waals surface area contributed by atoms with E-state index in [1.165, 1.54) is 36.9 Å². The summed E-state index contributed by atoms with van der Waals surface area (Å²) in [5, 5.41) is 3.59. The van der Waals surface area contributed by atoms with Crippen molar-refractivity contribution in [1.82, 2.24) is 15.3 Å². The Morgan fingerprint density at radius 3 is 3.05 bits per heavy atom. The second kappa shape index (κ2) is 6.92. The third kappa shape index (κ3) is 4.10. The Morgan fingerprint density at radius 2 is 2.30 bits per heavy atom. The molecule has 1 heterocycles. The van der Waals surface area contributed by atoms with Crippen molar-refractivity contribution in [2.75, 3.05) is 5.75 Å². The van der Waals surface area contributed by atoms with E-state index in [4.69, 9.17) is 0 Å². The van der Waals surface area contributed by atoms with E-state index in [9.17, 15) is 9.59 Å². The Bertz CT molecular complexity index is 517. The molecular weight excluding hydrogens is 274 g/mol. The van der Waals surface area contributed by atoms with E-state index in [1.807, 2.05) is 0 Å². The van der Waals surface area contributed by atoms with Gasteiger partial charge in [-0.2, -0.15) is 0 Å². The number of nitrogens with zero attached hydrogens (tertiary/aromatic N) is 1. The average Bonchev–Trinajstić information content (AvgIpc) is 2.42. The lowest BCUT2D eigenvalue weighted by atomic mass is 9.78. The van der Waals surface area contributed by atoms with Crippen LogP contribution in [-0.4, -0.2) is 27.7 Å². The molecule has 6 heteroatoms. The molecule has 5 nitrogen and oxygen atoms in total. The zero-order valence-electron chi connectivity index (χ0n) is 11.9. The third-order valence-corrected chi connectivity index (χ3v) is 4.93. The van der Waals surface area contributed by atoms with Gasteiger partial charge in [0.15, 0.2) is 5.16 Å². The highest BCUT2D eigenvalue weighted by Gasteiger charge is 2.27. The van der Waals surface area contributed by atoms with Crippen molar-refractivity contribution >= 4 is 17.7 Å². The van der Waals surface area contributed by atoms with Crippen molar-refractivity contribution in [2.24, 2.45) is 11.8 Å². The van der Waals surface area contributed by atoms with Gasteiger partial charge in [0.25, 0.3) is 5.56 Å². The smallest absolute Gasteiger partial charge is 0.251 e. The van der Waals surface area contributed by atoms with E-state index in [1.54, 1.807) is 0 Å². The molecule has 0 bridgehead atoms. The zero-order chi connectivity index (χ0) is 14.5. The summed E-state index contributed by atoms with van der Waals surface area (Å²) in [6, 6.07) is 1.63. The quantitative estimate of drug-likeness (QED) is 0.656. The van der Waals surface area contributed by atoms with Gasteiger partial charge >= 0.3 is 0 Å². The molecule has 0 saturated heterocycles. The highest BCUT2D eigenvalue weighted by molar-refractivity contribution is 7.99. The standard InChI is InChI=1S/C14H21N3O2S/c1-9-4-3-5-11(10(9)2)16-13(19)8-20-14-15-7-6-12(18)17-14/h6-7,9-11H,3-5,8H2,1-2H3,(H,16,19)(H,15,17,18)/t9-,10+,11-/m1/s1. The maximum absolute atomic E-state index is 12.0. The monoisotopic (exact) mass is 295 g/mol. The van der Waals surface area contributed by atoms with Gasteiger partial charge in [-0.25, -0.2) is 4.98 Å². The molecule has 2 rings (SSSR count). The fraction of sp³-hybridized carbons (Fsp3) is 0.643. The molecule has 0 aliphatic heterocycles. The molecule has 2 N–H and O–H groups in total. The van der Waals surface area contributed by atoms with Crippen molar-refractivity contribution in [2.45, 2.75) is 44.3 Å². The lowest BCUT2D eigenvalue weighted by Gasteiger charge is -2.34. The number of aromatic nitrogens is 2. The van der Waals surface area contributed by atoms with Gasteiger partial charge in [-0.3, -0.25) is 9.59 Å². The van der Waals surface area contributed by atoms with Gasteiger partial charge in [0, 0.05) is 18.3 Å². The summed E-state index contributed by atoms with van der Waals surface area (Å²) >= 11 is 1.25. The SMILES string of the molecule is C[C@H]1[C@H](C)CCC[C@H]1NC(=O)CSc1nccc(=O)[nH]1. The van der Waals surface area contributed by atoms with Crippen LogP contribution in [0.2, 0.25) is 0 Å². The minimum Gasteiger partial charge on any atom is -0.352 e. The van der Waals surface area contributed by atoms with Crippen LogP contribution in [0.5, 0.6) is 0 Å². The minimum absolute atomic E-state index is 0.00690. The summed E-state index contributed by atoms with van der Waals surface area (Å²) in [5.41, 5.74) is -0.197. The summed E-state index contributed by atoms with van der Waals surface area (Å²) in [6.07, 6.45) is 4.93. The second-order valence-electron chi connectivity index (χ2n) is 5.47. The molecule has 1 fully saturated rings. The number of thioether (sulfide) groups is 1. The fourth-order valence-electron chi connectivity index (χ4n) is 2.59. The van der Waals surface area contributed by atoms with Crippen LogP contribution in [0.25, 0.3) is 0 Å². The molecular formula is C14H21N3O2S. The molecule has 1 aliphatic carbocycles. The number of rotatable bonds is 4. The molecule has 1 aromatic rings. The van der Waals surface area contributed by atoms with Crippen molar-refractivity contribution in [3.05, 3.63) is 22.6 Å².